The van der Waals surface area contributed by atoms with Gasteiger partial charge in [-0.15, -0.1) is 10.2 Å². The fourth-order valence-electron chi connectivity index (χ4n) is 4.00. The number of fused-ring (bicyclic) bond motifs is 1. The van der Waals surface area contributed by atoms with Crippen LogP contribution in [0.4, 0.5) is 17.1 Å². The van der Waals surface area contributed by atoms with Gasteiger partial charge in [0.25, 0.3) is 16.0 Å². The molecule has 4 rings (SSSR count). The number of anilines is 1. The summed E-state index contributed by atoms with van der Waals surface area (Å²) in [6.07, 6.45) is 0.350. The molecule has 0 unspecified atom stereocenters. The van der Waals surface area contributed by atoms with Crippen molar-refractivity contribution >= 4 is 67.1 Å². The lowest BCUT2D eigenvalue weighted by Crippen LogP contribution is -2.14. The van der Waals surface area contributed by atoms with Gasteiger partial charge in [-0.05, 0) is 48.6 Å². The van der Waals surface area contributed by atoms with Gasteiger partial charge in [0.1, 0.15) is 27.7 Å². The lowest BCUT2D eigenvalue weighted by atomic mass is 10.0. The summed E-state index contributed by atoms with van der Waals surface area (Å²) in [5.74, 6) is -0.850. The molecule has 0 spiro atoms. The van der Waals surface area contributed by atoms with E-state index >= 15 is 0 Å². The third-order valence-electron chi connectivity index (χ3n) is 5.81. The summed E-state index contributed by atoms with van der Waals surface area (Å²) < 4.78 is 39.6. The SMILES string of the molecule is CCOc1cccc(Cl)c1NC(=O)c1cc2ccccc2c(N=Nc2c(CC)ccc(Cl)c2S(=O)(=O)O)c1O. The Hall–Kier alpha value is -3.70. The number of rotatable bonds is 8. The number of phenolic OH excluding ortho intramolecular Hbond substituents is 1. The number of aromatic hydroxyl groups is 1. The summed E-state index contributed by atoms with van der Waals surface area (Å²) in [6.45, 7) is 3.89. The van der Waals surface area contributed by atoms with E-state index in [0.29, 0.717) is 35.1 Å². The number of nitrogens with one attached hydrogen (secondary N) is 1. The average Bonchev–Trinajstić information content (AvgIpc) is 2.89. The van der Waals surface area contributed by atoms with Crippen molar-refractivity contribution in [3.8, 4) is 11.5 Å². The lowest BCUT2D eigenvalue weighted by Gasteiger charge is -2.15. The van der Waals surface area contributed by atoms with Gasteiger partial charge < -0.3 is 15.2 Å². The van der Waals surface area contributed by atoms with Crippen LogP contribution in [-0.2, 0) is 16.5 Å². The second kappa shape index (κ2) is 11.6. The van der Waals surface area contributed by atoms with Gasteiger partial charge in [-0.3, -0.25) is 9.35 Å². The van der Waals surface area contributed by atoms with Crippen molar-refractivity contribution in [3.63, 3.8) is 0 Å². The molecule has 0 saturated carbocycles. The van der Waals surface area contributed by atoms with Gasteiger partial charge in [0.05, 0.1) is 22.2 Å². The second-order valence-corrected chi connectivity index (χ2v) is 10.4. The zero-order valence-electron chi connectivity index (χ0n) is 20.8. The summed E-state index contributed by atoms with van der Waals surface area (Å²) in [7, 11) is -4.76. The first-order valence-electron chi connectivity index (χ1n) is 11.7. The van der Waals surface area contributed by atoms with Crippen LogP contribution in [0.1, 0.15) is 29.8 Å². The van der Waals surface area contributed by atoms with Gasteiger partial charge >= 0.3 is 0 Å². The summed E-state index contributed by atoms with van der Waals surface area (Å²) >= 11 is 12.4. The molecule has 0 atom stereocenters. The number of para-hydroxylation sites is 1. The van der Waals surface area contributed by atoms with E-state index in [-0.39, 0.29) is 32.7 Å². The highest BCUT2D eigenvalue weighted by Crippen LogP contribution is 2.42. The Morgan fingerprint density at radius 1 is 0.974 bits per heavy atom. The largest absolute Gasteiger partial charge is 0.505 e. The molecule has 0 bridgehead atoms. The summed E-state index contributed by atoms with van der Waals surface area (Å²) in [5, 5.41) is 23.1. The number of benzene rings is 4. The fraction of sp³-hybridized carbons (Fsp3) is 0.148. The first-order chi connectivity index (χ1) is 18.6. The predicted octanol–water partition coefficient (Wildman–Crippen LogP) is 7.73. The van der Waals surface area contributed by atoms with Crippen LogP contribution >= 0.6 is 23.2 Å². The van der Waals surface area contributed by atoms with E-state index in [9.17, 15) is 22.9 Å². The minimum Gasteiger partial charge on any atom is -0.505 e. The Morgan fingerprint density at radius 2 is 1.69 bits per heavy atom. The van der Waals surface area contributed by atoms with Gasteiger partial charge in [0.2, 0.25) is 0 Å². The molecule has 12 heteroatoms. The minimum atomic E-state index is -4.76. The normalized spacial score (nSPS) is 11.7. The van der Waals surface area contributed by atoms with Gasteiger partial charge in [0.15, 0.2) is 5.75 Å². The molecule has 4 aromatic rings. The maximum absolute atomic E-state index is 13.4. The predicted molar refractivity (Wildman–Crippen MR) is 151 cm³/mol. The van der Waals surface area contributed by atoms with Crippen LogP contribution in [0.5, 0.6) is 11.5 Å². The zero-order valence-corrected chi connectivity index (χ0v) is 23.1. The average molecular weight is 588 g/mol. The molecule has 0 heterocycles. The van der Waals surface area contributed by atoms with Gasteiger partial charge in [0, 0.05) is 5.39 Å². The van der Waals surface area contributed by atoms with Crippen LogP contribution in [0.25, 0.3) is 10.8 Å². The molecule has 0 aliphatic carbocycles. The van der Waals surface area contributed by atoms with E-state index < -0.39 is 26.7 Å². The molecular weight excluding hydrogens is 565 g/mol. The Labute approximate surface area is 234 Å². The molecule has 0 fully saturated rings. The number of phenols is 1. The van der Waals surface area contributed by atoms with E-state index in [4.69, 9.17) is 27.9 Å². The molecule has 202 valence electrons. The maximum Gasteiger partial charge on any atom is 0.298 e. The highest BCUT2D eigenvalue weighted by molar-refractivity contribution is 7.86. The molecule has 0 aliphatic rings. The first kappa shape index (κ1) is 28.3. The highest BCUT2D eigenvalue weighted by Gasteiger charge is 2.24. The van der Waals surface area contributed by atoms with Crippen LogP contribution < -0.4 is 10.1 Å². The number of hydrogen-bond donors (Lipinski definition) is 3. The standard InChI is InChI=1S/C27H23Cl2N3O6S/c1-3-15-12-13-20(29)26(39(35,36)37)22(15)31-32-23-17-9-6-5-8-16(17)14-18(25(23)33)27(34)30-24-19(28)10-7-11-21(24)38-4-2/h5-14,33H,3-4H2,1-2H3,(H,30,34)(H,35,36,37). The molecule has 1 amide bonds. The number of hydrogen-bond acceptors (Lipinski definition) is 7. The molecule has 9 nitrogen and oxygen atoms in total. The third-order valence-corrected chi connectivity index (χ3v) is 7.48. The van der Waals surface area contributed by atoms with Gasteiger partial charge in [-0.25, -0.2) is 0 Å². The summed E-state index contributed by atoms with van der Waals surface area (Å²) in [5.41, 5.74) is 0.262. The quantitative estimate of drug-likeness (QED) is 0.142. The van der Waals surface area contributed by atoms with Crippen molar-refractivity contribution in [2.75, 3.05) is 11.9 Å². The summed E-state index contributed by atoms with van der Waals surface area (Å²) in [4.78, 5) is 12.8. The number of halogens is 2. The van der Waals surface area contributed by atoms with Crippen molar-refractivity contribution < 1.29 is 27.6 Å². The maximum atomic E-state index is 13.4. The van der Waals surface area contributed by atoms with E-state index in [1.165, 1.54) is 12.1 Å². The third kappa shape index (κ3) is 5.84. The Morgan fingerprint density at radius 3 is 2.38 bits per heavy atom. The van der Waals surface area contributed by atoms with Crippen molar-refractivity contribution in [2.24, 2.45) is 10.2 Å². The molecule has 0 radical (unpaired) electrons. The molecule has 0 saturated heterocycles. The topological polar surface area (TPSA) is 138 Å². The molecule has 3 N–H and O–H groups in total. The molecular formula is C27H23Cl2N3O6S. The Balaban J connectivity index is 1.88. The lowest BCUT2D eigenvalue weighted by molar-refractivity contribution is 0.102. The monoisotopic (exact) mass is 587 g/mol. The Bertz CT molecular complexity index is 1720. The van der Waals surface area contributed by atoms with Gasteiger partial charge in [-0.2, -0.15) is 8.42 Å². The number of azo groups is 1. The highest BCUT2D eigenvalue weighted by atomic mass is 35.5. The van der Waals surface area contributed by atoms with Crippen molar-refractivity contribution in [3.05, 3.63) is 81.8 Å². The van der Waals surface area contributed by atoms with Crippen LogP contribution in [0, 0.1) is 0 Å². The number of ether oxygens (including phenoxy) is 1. The first-order valence-corrected chi connectivity index (χ1v) is 13.9. The smallest absolute Gasteiger partial charge is 0.298 e. The fourth-order valence-corrected chi connectivity index (χ4v) is 5.39. The summed E-state index contributed by atoms with van der Waals surface area (Å²) in [6, 6.07) is 16.1. The molecule has 4 aromatic carbocycles. The Kier molecular flexibility index (Phi) is 8.41. The van der Waals surface area contributed by atoms with Crippen LogP contribution in [0.3, 0.4) is 0 Å². The molecule has 39 heavy (non-hydrogen) atoms. The van der Waals surface area contributed by atoms with Gasteiger partial charge in [-0.1, -0.05) is 66.5 Å². The van der Waals surface area contributed by atoms with Crippen molar-refractivity contribution in [1.29, 1.82) is 0 Å². The second-order valence-electron chi connectivity index (χ2n) is 8.26. The number of nitrogens with zero attached hydrogens (tertiary/aromatic N) is 2. The molecule has 0 aliphatic heterocycles. The minimum absolute atomic E-state index is 0.0919. The van der Waals surface area contributed by atoms with E-state index in [1.807, 2.05) is 0 Å². The van der Waals surface area contributed by atoms with Crippen LogP contribution in [0.2, 0.25) is 10.0 Å². The zero-order chi connectivity index (χ0) is 28.3. The number of carbonyl (C=O) groups is 1. The van der Waals surface area contributed by atoms with E-state index in [1.54, 1.807) is 62.4 Å². The molecule has 0 aromatic heterocycles. The number of amides is 1. The van der Waals surface area contributed by atoms with Crippen LogP contribution in [0.15, 0.2) is 75.8 Å². The van der Waals surface area contributed by atoms with E-state index in [0.717, 1.165) is 0 Å². The van der Waals surface area contributed by atoms with E-state index in [2.05, 4.69) is 15.5 Å². The van der Waals surface area contributed by atoms with Crippen molar-refractivity contribution in [2.45, 2.75) is 25.2 Å². The number of aryl methyl sites for hydroxylation is 1. The van der Waals surface area contributed by atoms with Crippen LogP contribution in [-0.4, -0.2) is 30.6 Å². The number of carbonyl (C=O) groups excluding carboxylic acids is 1. The van der Waals surface area contributed by atoms with Crippen molar-refractivity contribution in [1.82, 2.24) is 0 Å².